The Morgan fingerprint density at radius 1 is 1.57 bits per heavy atom. The normalized spacial score (nSPS) is 23.3. The Morgan fingerprint density at radius 2 is 2.21 bits per heavy atom. The van der Waals surface area contributed by atoms with Crippen molar-refractivity contribution in [2.45, 2.75) is 32.1 Å². The van der Waals surface area contributed by atoms with E-state index in [0.29, 0.717) is 6.42 Å². The summed E-state index contributed by atoms with van der Waals surface area (Å²) in [7, 11) is 0. The average Bonchev–Trinajstić information content (AvgIpc) is 2.34. The third-order valence-electron chi connectivity index (χ3n) is 2.10. The molecule has 1 aliphatic rings. The van der Waals surface area contributed by atoms with Crippen LogP contribution in [0.3, 0.4) is 0 Å². The van der Waals surface area contributed by atoms with Gasteiger partial charge in [-0.15, -0.1) is 0 Å². The zero-order valence-electron chi connectivity index (χ0n) is 7.90. The second-order valence-electron chi connectivity index (χ2n) is 3.32. The molecule has 14 heavy (non-hydrogen) atoms. The summed E-state index contributed by atoms with van der Waals surface area (Å²) in [6.45, 7) is 0.737. The highest BCUT2D eigenvalue weighted by Gasteiger charge is 2.39. The van der Waals surface area contributed by atoms with Crippen LogP contribution in [0.15, 0.2) is 0 Å². The molecule has 0 saturated carbocycles. The van der Waals surface area contributed by atoms with Crippen LogP contribution in [0.4, 0.5) is 13.2 Å². The highest BCUT2D eigenvalue weighted by molar-refractivity contribution is 5.80. The molecule has 0 aromatic heterocycles. The largest absolute Gasteiger partial charge is 0.406 e. The van der Waals surface area contributed by atoms with Gasteiger partial charge in [0.15, 0.2) is 0 Å². The topological polar surface area (TPSA) is 32.3 Å². The Kier molecular flexibility index (Phi) is 3.36. The van der Waals surface area contributed by atoms with E-state index < -0.39 is 24.8 Å². The van der Waals surface area contributed by atoms with Gasteiger partial charge in [0.1, 0.15) is 6.54 Å². The van der Waals surface area contributed by atoms with Crippen molar-refractivity contribution in [3.8, 4) is 0 Å². The first kappa shape index (κ1) is 11.3. The van der Waals surface area contributed by atoms with Crippen molar-refractivity contribution in [1.82, 2.24) is 10.2 Å². The number of rotatable bonds is 3. The molecule has 1 heterocycles. The predicted octanol–water partition coefficient (Wildman–Crippen LogP) is 1.11. The summed E-state index contributed by atoms with van der Waals surface area (Å²) in [5, 5.41) is 2.76. The molecule has 0 spiro atoms. The lowest BCUT2D eigenvalue weighted by Crippen LogP contribution is -2.43. The third kappa shape index (κ3) is 2.87. The van der Waals surface area contributed by atoms with E-state index in [1.54, 1.807) is 0 Å². The van der Waals surface area contributed by atoms with E-state index in [0.717, 1.165) is 11.3 Å². The molecule has 6 heteroatoms. The van der Waals surface area contributed by atoms with Crippen LogP contribution < -0.4 is 5.32 Å². The van der Waals surface area contributed by atoms with Crippen LogP contribution in [-0.2, 0) is 4.79 Å². The lowest BCUT2D eigenvalue weighted by Gasteiger charge is -2.24. The molecular formula is C8H13F3N2O. The minimum atomic E-state index is -4.31. The van der Waals surface area contributed by atoms with E-state index in [1.807, 2.05) is 6.92 Å². The Morgan fingerprint density at radius 3 is 2.71 bits per heavy atom. The summed E-state index contributed by atoms with van der Waals surface area (Å²) in [6.07, 6.45) is -3.46. The minimum absolute atomic E-state index is 0.0146. The molecule has 1 fully saturated rings. The smallest absolute Gasteiger partial charge is 0.317 e. The fourth-order valence-corrected chi connectivity index (χ4v) is 1.51. The number of alkyl halides is 3. The summed E-state index contributed by atoms with van der Waals surface area (Å²) in [5.74, 6) is -0.472. The predicted molar refractivity (Wildman–Crippen MR) is 44.5 cm³/mol. The van der Waals surface area contributed by atoms with Gasteiger partial charge in [0.05, 0.1) is 12.7 Å². The molecule has 82 valence electrons. The number of halogens is 3. The van der Waals surface area contributed by atoms with Crippen LogP contribution in [0.2, 0.25) is 0 Å². The summed E-state index contributed by atoms with van der Waals surface area (Å²) < 4.78 is 36.2. The van der Waals surface area contributed by atoms with E-state index in [1.165, 1.54) is 0 Å². The summed E-state index contributed by atoms with van der Waals surface area (Å²) in [4.78, 5) is 12.0. The number of carbonyl (C=O) groups is 1. The maximum atomic E-state index is 12.1. The number of nitrogens with zero attached hydrogens (tertiary/aromatic N) is 1. The fraction of sp³-hybridized carbons (Fsp3) is 0.875. The Balaban J connectivity index is 2.58. The van der Waals surface area contributed by atoms with Crippen molar-refractivity contribution in [3.63, 3.8) is 0 Å². The second-order valence-corrected chi connectivity index (χ2v) is 3.32. The second kappa shape index (κ2) is 4.16. The van der Waals surface area contributed by atoms with Gasteiger partial charge < -0.3 is 4.90 Å². The quantitative estimate of drug-likeness (QED) is 0.756. The molecule has 3 nitrogen and oxygen atoms in total. The van der Waals surface area contributed by atoms with Gasteiger partial charge in [-0.25, -0.2) is 0 Å². The van der Waals surface area contributed by atoms with Gasteiger partial charge in [-0.1, -0.05) is 13.3 Å². The zero-order chi connectivity index (χ0) is 10.8. The van der Waals surface area contributed by atoms with Crippen LogP contribution in [0.5, 0.6) is 0 Å². The van der Waals surface area contributed by atoms with E-state index in [2.05, 4.69) is 5.32 Å². The monoisotopic (exact) mass is 210 g/mol. The first-order chi connectivity index (χ1) is 6.44. The van der Waals surface area contributed by atoms with E-state index in [4.69, 9.17) is 0 Å². The lowest BCUT2D eigenvalue weighted by atomic mass is 10.2. The highest BCUT2D eigenvalue weighted by atomic mass is 19.4. The molecular weight excluding hydrogens is 197 g/mol. The van der Waals surface area contributed by atoms with E-state index in [9.17, 15) is 18.0 Å². The van der Waals surface area contributed by atoms with Crippen LogP contribution in [0, 0.1) is 0 Å². The van der Waals surface area contributed by atoms with Crippen molar-refractivity contribution < 1.29 is 18.0 Å². The SMILES string of the molecule is CCCC1NCC(=O)N1CC(F)(F)F. The summed E-state index contributed by atoms with van der Waals surface area (Å²) >= 11 is 0. The van der Waals surface area contributed by atoms with Gasteiger partial charge in [0, 0.05) is 0 Å². The first-order valence-corrected chi connectivity index (χ1v) is 4.53. The van der Waals surface area contributed by atoms with Crippen LogP contribution in [-0.4, -0.2) is 36.2 Å². The van der Waals surface area contributed by atoms with Gasteiger partial charge in [-0.2, -0.15) is 13.2 Å². The van der Waals surface area contributed by atoms with Crippen LogP contribution in [0.25, 0.3) is 0 Å². The number of amides is 1. The molecule has 0 bridgehead atoms. The molecule has 1 atom stereocenters. The van der Waals surface area contributed by atoms with Crippen molar-refractivity contribution in [2.75, 3.05) is 13.1 Å². The molecule has 0 aromatic rings. The number of carbonyl (C=O) groups excluding carboxylic acids is 1. The lowest BCUT2D eigenvalue weighted by molar-refractivity contribution is -0.161. The Labute approximate surface area is 80.3 Å². The maximum absolute atomic E-state index is 12.1. The first-order valence-electron chi connectivity index (χ1n) is 4.53. The summed E-state index contributed by atoms with van der Waals surface area (Å²) in [6, 6.07) is 0. The van der Waals surface area contributed by atoms with Crippen LogP contribution in [0.1, 0.15) is 19.8 Å². The molecule has 1 saturated heterocycles. The number of nitrogens with one attached hydrogen (secondary N) is 1. The standard InChI is InChI=1S/C8H13F3N2O/c1-2-3-6-12-4-7(14)13(6)5-8(9,10)11/h6,12H,2-5H2,1H3. The fourth-order valence-electron chi connectivity index (χ4n) is 1.51. The summed E-state index contributed by atoms with van der Waals surface area (Å²) in [5.41, 5.74) is 0. The average molecular weight is 210 g/mol. The maximum Gasteiger partial charge on any atom is 0.406 e. The van der Waals surface area contributed by atoms with Gasteiger partial charge in [0.2, 0.25) is 5.91 Å². The molecule has 1 rings (SSSR count). The molecule has 1 aliphatic heterocycles. The molecule has 1 amide bonds. The molecule has 1 N–H and O–H groups in total. The highest BCUT2D eigenvalue weighted by Crippen LogP contribution is 2.20. The van der Waals surface area contributed by atoms with Gasteiger partial charge in [0.25, 0.3) is 0 Å². The van der Waals surface area contributed by atoms with Crippen LogP contribution >= 0.6 is 0 Å². The molecule has 1 unspecified atom stereocenters. The van der Waals surface area contributed by atoms with E-state index >= 15 is 0 Å². The Hall–Kier alpha value is -0.780. The van der Waals surface area contributed by atoms with Gasteiger partial charge >= 0.3 is 6.18 Å². The third-order valence-corrected chi connectivity index (χ3v) is 2.10. The number of hydrogen-bond acceptors (Lipinski definition) is 2. The van der Waals surface area contributed by atoms with Crippen molar-refractivity contribution in [3.05, 3.63) is 0 Å². The van der Waals surface area contributed by atoms with Crippen molar-refractivity contribution in [2.24, 2.45) is 0 Å². The van der Waals surface area contributed by atoms with Crippen molar-refractivity contribution >= 4 is 5.91 Å². The van der Waals surface area contributed by atoms with Gasteiger partial charge in [-0.3, -0.25) is 10.1 Å². The molecule has 0 aliphatic carbocycles. The molecule has 0 radical (unpaired) electrons. The van der Waals surface area contributed by atoms with Crippen molar-refractivity contribution in [1.29, 1.82) is 0 Å². The minimum Gasteiger partial charge on any atom is -0.317 e. The molecule has 0 aromatic carbocycles. The van der Waals surface area contributed by atoms with E-state index in [-0.39, 0.29) is 6.54 Å². The number of hydrogen-bond donors (Lipinski definition) is 1. The zero-order valence-corrected chi connectivity index (χ0v) is 7.90. The van der Waals surface area contributed by atoms with Gasteiger partial charge in [-0.05, 0) is 6.42 Å². The Bertz CT molecular complexity index is 217.